The second-order valence-electron chi connectivity index (χ2n) is 5.47. The lowest BCUT2D eigenvalue weighted by Gasteiger charge is -2.08. The van der Waals surface area contributed by atoms with Crippen LogP contribution < -0.4 is 15.2 Å². The van der Waals surface area contributed by atoms with Crippen molar-refractivity contribution in [1.82, 2.24) is 9.36 Å². The highest BCUT2D eigenvalue weighted by Gasteiger charge is 2.31. The van der Waals surface area contributed by atoms with E-state index in [1.165, 1.54) is 12.1 Å². The first-order valence-electron chi connectivity index (χ1n) is 7.73. The van der Waals surface area contributed by atoms with Gasteiger partial charge >= 0.3 is 6.36 Å². The summed E-state index contributed by atoms with van der Waals surface area (Å²) in [7, 11) is 0. The van der Waals surface area contributed by atoms with Crippen molar-refractivity contribution in [2.45, 2.75) is 13.0 Å². The molecule has 0 aliphatic heterocycles. The Morgan fingerprint density at radius 1 is 1.10 bits per heavy atom. The molecule has 2 aromatic carbocycles. The van der Waals surface area contributed by atoms with Crippen molar-refractivity contribution in [3.8, 4) is 22.9 Å². The topological polar surface area (TPSA) is 87.3 Å². The molecule has 152 valence electrons. The van der Waals surface area contributed by atoms with E-state index in [0.29, 0.717) is 10.6 Å². The standard InChI is InChI=1S/C17H10F5N3O3S/c18-10-5-6-11(14(19)13(10)15(23)26)27-7-12-24-16(25-29-12)8-1-3-9(4-2-8)28-17(20,21)22/h1-6H,7H2,(H2,23,26). The number of ether oxygens (including phenoxy) is 2. The summed E-state index contributed by atoms with van der Waals surface area (Å²) in [5.41, 5.74) is 4.44. The highest BCUT2D eigenvalue weighted by Crippen LogP contribution is 2.27. The first-order chi connectivity index (χ1) is 13.6. The monoisotopic (exact) mass is 431 g/mol. The summed E-state index contributed by atoms with van der Waals surface area (Å²) in [6.45, 7) is -0.242. The molecule has 0 aliphatic rings. The molecule has 29 heavy (non-hydrogen) atoms. The Balaban J connectivity index is 1.70. The smallest absolute Gasteiger partial charge is 0.483 e. The van der Waals surface area contributed by atoms with E-state index in [-0.39, 0.29) is 12.4 Å². The third kappa shape index (κ3) is 4.96. The lowest BCUT2D eigenvalue weighted by atomic mass is 10.1. The average molecular weight is 431 g/mol. The van der Waals surface area contributed by atoms with Gasteiger partial charge in [0.05, 0.1) is 0 Å². The van der Waals surface area contributed by atoms with Crippen molar-refractivity contribution >= 4 is 17.4 Å². The summed E-state index contributed by atoms with van der Waals surface area (Å²) in [5, 5.41) is 0.306. The quantitative estimate of drug-likeness (QED) is 0.595. The van der Waals surface area contributed by atoms with Crippen molar-refractivity contribution in [2.24, 2.45) is 5.73 Å². The van der Waals surface area contributed by atoms with E-state index >= 15 is 0 Å². The molecule has 3 rings (SSSR count). The van der Waals surface area contributed by atoms with Crippen LogP contribution in [0, 0.1) is 11.6 Å². The Hall–Kier alpha value is -3.28. The molecule has 0 unspecified atom stereocenters. The molecule has 3 aromatic rings. The van der Waals surface area contributed by atoms with Crippen LogP contribution in [0.2, 0.25) is 0 Å². The van der Waals surface area contributed by atoms with Crippen molar-refractivity contribution in [2.75, 3.05) is 0 Å². The van der Waals surface area contributed by atoms with Crippen molar-refractivity contribution in [3.05, 3.63) is 58.6 Å². The zero-order valence-corrected chi connectivity index (χ0v) is 15.0. The molecule has 0 aliphatic carbocycles. The number of carbonyl (C=O) groups excluding carboxylic acids is 1. The predicted octanol–water partition coefficient (Wildman–Crippen LogP) is 4.06. The van der Waals surface area contributed by atoms with Crippen LogP contribution in [0.4, 0.5) is 22.0 Å². The Kier molecular flexibility index (Phi) is 5.64. The van der Waals surface area contributed by atoms with Gasteiger partial charge in [-0.1, -0.05) is 0 Å². The Morgan fingerprint density at radius 3 is 2.41 bits per heavy atom. The van der Waals surface area contributed by atoms with Crippen LogP contribution in [0.1, 0.15) is 15.4 Å². The molecule has 6 nitrogen and oxygen atoms in total. The lowest BCUT2D eigenvalue weighted by Crippen LogP contribution is -2.16. The largest absolute Gasteiger partial charge is 0.573 e. The van der Waals surface area contributed by atoms with Gasteiger partial charge in [-0.15, -0.1) is 13.2 Å². The molecule has 0 fully saturated rings. The van der Waals surface area contributed by atoms with E-state index in [1.54, 1.807) is 0 Å². The SMILES string of the molecule is NC(=O)c1c(F)ccc(OCc2nc(-c3ccc(OC(F)(F)F)cc3)ns2)c1F. The second kappa shape index (κ2) is 7.99. The molecule has 1 heterocycles. The molecule has 2 N–H and O–H groups in total. The highest BCUT2D eigenvalue weighted by molar-refractivity contribution is 7.05. The molecule has 0 atom stereocenters. The van der Waals surface area contributed by atoms with Gasteiger partial charge in [0.25, 0.3) is 5.91 Å². The number of hydrogen-bond donors (Lipinski definition) is 1. The predicted molar refractivity (Wildman–Crippen MR) is 91.2 cm³/mol. The Bertz CT molecular complexity index is 1040. The fourth-order valence-corrected chi connectivity index (χ4v) is 2.82. The van der Waals surface area contributed by atoms with E-state index < -0.39 is 41.0 Å². The van der Waals surface area contributed by atoms with Gasteiger partial charge in [-0.05, 0) is 47.9 Å². The van der Waals surface area contributed by atoms with E-state index in [4.69, 9.17) is 10.5 Å². The summed E-state index contributed by atoms with van der Waals surface area (Å²) >= 11 is 0.912. The van der Waals surface area contributed by atoms with Gasteiger partial charge in [0, 0.05) is 5.56 Å². The molecule has 0 bridgehead atoms. The summed E-state index contributed by atoms with van der Waals surface area (Å²) in [5.74, 6) is -4.20. The van der Waals surface area contributed by atoms with Crippen LogP contribution in [0.25, 0.3) is 11.4 Å². The van der Waals surface area contributed by atoms with Gasteiger partial charge in [0.2, 0.25) is 0 Å². The van der Waals surface area contributed by atoms with Gasteiger partial charge in [-0.25, -0.2) is 13.8 Å². The van der Waals surface area contributed by atoms with Gasteiger partial charge in [0.1, 0.15) is 23.7 Å². The number of nitrogens with zero attached hydrogens (tertiary/aromatic N) is 2. The van der Waals surface area contributed by atoms with Crippen LogP contribution in [-0.4, -0.2) is 21.6 Å². The average Bonchev–Trinajstić information content (AvgIpc) is 3.09. The molecular formula is C17H10F5N3O3S. The van der Waals surface area contributed by atoms with Crippen LogP contribution in [0.5, 0.6) is 11.5 Å². The first kappa shape index (κ1) is 20.5. The second-order valence-corrected chi connectivity index (χ2v) is 6.31. The zero-order valence-electron chi connectivity index (χ0n) is 14.2. The van der Waals surface area contributed by atoms with E-state index in [9.17, 15) is 26.7 Å². The van der Waals surface area contributed by atoms with Crippen molar-refractivity contribution in [3.63, 3.8) is 0 Å². The molecule has 12 heteroatoms. The zero-order chi connectivity index (χ0) is 21.2. The minimum absolute atomic E-state index is 0.213. The van der Waals surface area contributed by atoms with Gasteiger partial charge in [-0.2, -0.15) is 4.37 Å². The summed E-state index contributed by atoms with van der Waals surface area (Å²) in [6, 6.07) is 6.74. The van der Waals surface area contributed by atoms with E-state index in [2.05, 4.69) is 14.1 Å². The van der Waals surface area contributed by atoms with Crippen LogP contribution in [-0.2, 0) is 6.61 Å². The third-order valence-electron chi connectivity index (χ3n) is 3.47. The number of benzene rings is 2. The van der Waals surface area contributed by atoms with Gasteiger partial charge in [-0.3, -0.25) is 4.79 Å². The molecule has 1 amide bonds. The minimum atomic E-state index is -4.80. The lowest BCUT2D eigenvalue weighted by molar-refractivity contribution is -0.274. The summed E-state index contributed by atoms with van der Waals surface area (Å²) in [6.07, 6.45) is -4.80. The maximum atomic E-state index is 14.1. The highest BCUT2D eigenvalue weighted by atomic mass is 32.1. The van der Waals surface area contributed by atoms with Gasteiger partial charge in [0.15, 0.2) is 22.4 Å². The maximum Gasteiger partial charge on any atom is 0.573 e. The number of nitrogens with two attached hydrogens (primary N) is 1. The maximum absolute atomic E-state index is 14.1. The van der Waals surface area contributed by atoms with Crippen LogP contribution >= 0.6 is 11.5 Å². The fraction of sp³-hybridized carbons (Fsp3) is 0.118. The number of hydrogen-bond acceptors (Lipinski definition) is 6. The molecule has 0 spiro atoms. The number of amides is 1. The van der Waals surface area contributed by atoms with Crippen molar-refractivity contribution < 1.29 is 36.2 Å². The number of carbonyl (C=O) groups is 1. The third-order valence-corrected chi connectivity index (χ3v) is 4.15. The summed E-state index contributed by atoms with van der Waals surface area (Å²) < 4.78 is 77.2. The number of primary amides is 1. The van der Waals surface area contributed by atoms with E-state index in [1.807, 2.05) is 0 Å². The normalized spacial score (nSPS) is 11.3. The number of halogens is 5. The van der Waals surface area contributed by atoms with E-state index in [0.717, 1.165) is 35.8 Å². The molecule has 1 aromatic heterocycles. The first-order valence-corrected chi connectivity index (χ1v) is 8.51. The summed E-state index contributed by atoms with van der Waals surface area (Å²) in [4.78, 5) is 15.3. The molecule has 0 saturated heterocycles. The molecular weight excluding hydrogens is 421 g/mol. The molecule has 0 saturated carbocycles. The van der Waals surface area contributed by atoms with Crippen LogP contribution in [0.3, 0.4) is 0 Å². The van der Waals surface area contributed by atoms with Crippen LogP contribution in [0.15, 0.2) is 36.4 Å². The van der Waals surface area contributed by atoms with Gasteiger partial charge < -0.3 is 15.2 Å². The minimum Gasteiger partial charge on any atom is -0.483 e. The fourth-order valence-electron chi connectivity index (χ4n) is 2.25. The molecule has 0 radical (unpaired) electrons. The number of rotatable bonds is 6. The number of aromatic nitrogens is 2. The Labute approximate surface area is 163 Å². The van der Waals surface area contributed by atoms with Crippen molar-refractivity contribution in [1.29, 1.82) is 0 Å². The Morgan fingerprint density at radius 2 is 1.79 bits per heavy atom. The number of alkyl halides is 3.